The molecule has 0 aliphatic heterocycles. The van der Waals surface area contributed by atoms with Crippen molar-refractivity contribution in [1.29, 1.82) is 0 Å². The van der Waals surface area contributed by atoms with Gasteiger partial charge in [0.25, 0.3) is 0 Å². The van der Waals surface area contributed by atoms with Gasteiger partial charge in [-0.05, 0) is 47.3 Å². The van der Waals surface area contributed by atoms with Gasteiger partial charge in [-0.25, -0.2) is 13.1 Å². The van der Waals surface area contributed by atoms with Crippen LogP contribution in [0.5, 0.6) is 0 Å². The Kier molecular flexibility index (Phi) is 8.77. The molecule has 0 radical (unpaired) electrons. The van der Waals surface area contributed by atoms with Crippen molar-refractivity contribution < 1.29 is 8.42 Å². The molecule has 0 aliphatic rings. The molecule has 0 aromatic rings. The summed E-state index contributed by atoms with van der Waals surface area (Å²) in [5.41, 5.74) is 0. The minimum absolute atomic E-state index is 0.148. The van der Waals surface area contributed by atoms with Gasteiger partial charge in [-0.2, -0.15) is 0 Å². The van der Waals surface area contributed by atoms with E-state index in [4.69, 9.17) is 0 Å². The zero-order valence-electron chi connectivity index (χ0n) is 11.5. The second kappa shape index (κ2) is 8.85. The van der Waals surface area contributed by atoms with E-state index in [1.165, 1.54) is 0 Å². The Hall–Kier alpha value is -0.170. The number of sulfonamides is 1. The number of nitrogens with one attached hydrogen (secondary N) is 2. The maximum atomic E-state index is 11.4. The topological polar surface area (TPSA) is 61.4 Å². The van der Waals surface area contributed by atoms with Crippen LogP contribution in [0.15, 0.2) is 0 Å². The third-order valence-electron chi connectivity index (χ3n) is 2.76. The van der Waals surface area contributed by atoms with Gasteiger partial charge in [-0.15, -0.1) is 0 Å². The van der Waals surface area contributed by atoms with Gasteiger partial charge in [-0.1, -0.05) is 0 Å². The molecule has 0 atom stereocenters. The summed E-state index contributed by atoms with van der Waals surface area (Å²) in [6, 6.07) is 0.544. The van der Waals surface area contributed by atoms with E-state index in [0.29, 0.717) is 19.1 Å². The molecule has 0 unspecified atom stereocenters. The fraction of sp³-hybridized carbons (Fsp3) is 1.00. The van der Waals surface area contributed by atoms with Crippen LogP contribution in [0.3, 0.4) is 0 Å². The highest BCUT2D eigenvalue weighted by Crippen LogP contribution is 1.97. The van der Waals surface area contributed by atoms with Crippen molar-refractivity contribution in [2.24, 2.45) is 0 Å². The molecule has 0 bridgehead atoms. The maximum Gasteiger partial charge on any atom is 0.212 e. The van der Waals surface area contributed by atoms with Gasteiger partial charge in [0.15, 0.2) is 0 Å². The number of hydrogen-bond acceptors (Lipinski definition) is 4. The Morgan fingerprint density at radius 1 is 1.18 bits per heavy atom. The summed E-state index contributed by atoms with van der Waals surface area (Å²) in [4.78, 5) is 2.26. The van der Waals surface area contributed by atoms with Gasteiger partial charge in [0.05, 0.1) is 5.75 Å². The lowest BCUT2D eigenvalue weighted by atomic mass is 10.2. The zero-order valence-corrected chi connectivity index (χ0v) is 12.3. The molecule has 5 nitrogen and oxygen atoms in total. The molecule has 0 heterocycles. The van der Waals surface area contributed by atoms with Crippen LogP contribution >= 0.6 is 0 Å². The van der Waals surface area contributed by atoms with Crippen molar-refractivity contribution in [1.82, 2.24) is 14.9 Å². The van der Waals surface area contributed by atoms with Crippen molar-refractivity contribution in [2.75, 3.05) is 39.5 Å². The van der Waals surface area contributed by atoms with Crippen LogP contribution < -0.4 is 10.0 Å². The number of unbranched alkanes of at least 4 members (excludes halogenated alkanes) is 1. The molecular formula is C11H27N3O2S. The molecule has 0 amide bonds. The fourth-order valence-electron chi connectivity index (χ4n) is 1.28. The van der Waals surface area contributed by atoms with Crippen LogP contribution in [0.1, 0.15) is 26.7 Å². The number of nitrogens with zero attached hydrogens (tertiary/aromatic N) is 1. The van der Waals surface area contributed by atoms with E-state index in [1.54, 1.807) is 7.05 Å². The Morgan fingerprint density at radius 3 is 2.35 bits per heavy atom. The van der Waals surface area contributed by atoms with Gasteiger partial charge < -0.3 is 10.2 Å². The Labute approximate surface area is 106 Å². The predicted octanol–water partition coefficient (Wildman–Crippen LogP) is 0.246. The predicted molar refractivity (Wildman–Crippen MR) is 72.7 cm³/mol. The monoisotopic (exact) mass is 265 g/mol. The maximum absolute atomic E-state index is 11.4. The van der Waals surface area contributed by atoms with Crippen LogP contribution in [0.4, 0.5) is 0 Å². The van der Waals surface area contributed by atoms with Crippen molar-refractivity contribution in [3.63, 3.8) is 0 Å². The first-order chi connectivity index (χ1) is 7.89. The fourth-order valence-corrected chi connectivity index (χ4v) is 2.35. The minimum atomic E-state index is -3.09. The van der Waals surface area contributed by atoms with Crippen LogP contribution in [-0.4, -0.2) is 58.8 Å². The molecule has 6 heteroatoms. The molecule has 0 aromatic carbocycles. The number of rotatable bonds is 10. The Balaban J connectivity index is 3.57. The molecular weight excluding hydrogens is 238 g/mol. The van der Waals surface area contributed by atoms with Gasteiger partial charge >= 0.3 is 0 Å². The largest absolute Gasteiger partial charge is 0.319 e. The van der Waals surface area contributed by atoms with Gasteiger partial charge in [0.1, 0.15) is 0 Å². The summed E-state index contributed by atoms with van der Waals surface area (Å²) in [6.45, 7) is 6.35. The van der Waals surface area contributed by atoms with E-state index < -0.39 is 10.0 Å². The van der Waals surface area contributed by atoms with E-state index in [0.717, 1.165) is 19.4 Å². The lowest BCUT2D eigenvalue weighted by Crippen LogP contribution is -2.32. The molecule has 0 aliphatic carbocycles. The lowest BCUT2D eigenvalue weighted by Gasteiger charge is -2.20. The molecule has 0 saturated carbocycles. The van der Waals surface area contributed by atoms with E-state index in [1.807, 2.05) is 0 Å². The molecule has 104 valence electrons. The van der Waals surface area contributed by atoms with Crippen LogP contribution in [0.2, 0.25) is 0 Å². The average molecular weight is 265 g/mol. The Morgan fingerprint density at radius 2 is 1.82 bits per heavy atom. The minimum Gasteiger partial charge on any atom is -0.319 e. The standard InChI is InChI=1S/C11H27N3O2S/c1-11(2)14(4)9-6-5-7-13-17(15,16)10-8-12-3/h11-13H,5-10H2,1-4H3. The summed E-state index contributed by atoms with van der Waals surface area (Å²) in [5.74, 6) is 0.148. The number of hydrogen-bond donors (Lipinski definition) is 2. The first kappa shape index (κ1) is 16.8. The van der Waals surface area contributed by atoms with E-state index >= 15 is 0 Å². The molecule has 0 aromatic heterocycles. The molecule has 2 N–H and O–H groups in total. The van der Waals surface area contributed by atoms with Gasteiger partial charge in [0, 0.05) is 19.1 Å². The molecule has 17 heavy (non-hydrogen) atoms. The highest BCUT2D eigenvalue weighted by atomic mass is 32.2. The molecule has 0 fully saturated rings. The zero-order chi connectivity index (χ0) is 13.3. The van der Waals surface area contributed by atoms with Gasteiger partial charge in [-0.3, -0.25) is 0 Å². The molecule has 0 saturated heterocycles. The van der Waals surface area contributed by atoms with Crippen molar-refractivity contribution >= 4 is 10.0 Å². The highest BCUT2D eigenvalue weighted by Gasteiger charge is 2.08. The third-order valence-corrected chi connectivity index (χ3v) is 4.15. The smallest absolute Gasteiger partial charge is 0.212 e. The normalized spacial score (nSPS) is 12.6. The lowest BCUT2D eigenvalue weighted by molar-refractivity contribution is 0.268. The average Bonchev–Trinajstić information content (AvgIpc) is 2.25. The molecule has 0 rings (SSSR count). The first-order valence-electron chi connectivity index (χ1n) is 6.21. The quantitative estimate of drug-likeness (QED) is 0.556. The van der Waals surface area contributed by atoms with Gasteiger partial charge in [0.2, 0.25) is 10.0 Å². The van der Waals surface area contributed by atoms with Crippen molar-refractivity contribution in [3.8, 4) is 0 Å². The second-order valence-corrected chi connectivity index (χ2v) is 6.52. The highest BCUT2D eigenvalue weighted by molar-refractivity contribution is 7.89. The summed E-state index contributed by atoms with van der Waals surface area (Å²) >= 11 is 0. The summed E-state index contributed by atoms with van der Waals surface area (Å²) in [7, 11) is 0.745. The van der Waals surface area contributed by atoms with Crippen molar-refractivity contribution in [2.45, 2.75) is 32.7 Å². The summed E-state index contributed by atoms with van der Waals surface area (Å²) < 4.78 is 25.5. The van der Waals surface area contributed by atoms with Crippen LogP contribution in [-0.2, 0) is 10.0 Å². The van der Waals surface area contributed by atoms with E-state index in [2.05, 4.69) is 35.8 Å². The summed E-state index contributed by atoms with van der Waals surface area (Å²) in [6.07, 6.45) is 1.90. The first-order valence-corrected chi connectivity index (χ1v) is 7.86. The second-order valence-electron chi connectivity index (χ2n) is 4.60. The van der Waals surface area contributed by atoms with Crippen LogP contribution in [0.25, 0.3) is 0 Å². The molecule has 0 spiro atoms. The summed E-state index contributed by atoms with van der Waals surface area (Å²) in [5, 5.41) is 2.83. The van der Waals surface area contributed by atoms with Crippen molar-refractivity contribution in [3.05, 3.63) is 0 Å². The SMILES string of the molecule is CNCCS(=O)(=O)NCCCCN(C)C(C)C. The third kappa shape index (κ3) is 9.52. The van der Waals surface area contributed by atoms with E-state index in [-0.39, 0.29) is 5.75 Å². The van der Waals surface area contributed by atoms with Crippen LogP contribution in [0, 0.1) is 0 Å². The van der Waals surface area contributed by atoms with E-state index in [9.17, 15) is 8.42 Å². The Bertz CT molecular complexity index is 278.